The van der Waals surface area contributed by atoms with Gasteiger partial charge in [0.1, 0.15) is 0 Å². The van der Waals surface area contributed by atoms with Gasteiger partial charge in [-0.15, -0.1) is 0 Å². The van der Waals surface area contributed by atoms with Crippen molar-refractivity contribution >= 4 is 17.7 Å². The fourth-order valence-corrected chi connectivity index (χ4v) is 5.06. The lowest BCUT2D eigenvalue weighted by molar-refractivity contribution is -0.144. The van der Waals surface area contributed by atoms with Crippen LogP contribution in [-0.2, 0) is 9.59 Å². The van der Waals surface area contributed by atoms with E-state index in [1.807, 2.05) is 19.1 Å². The summed E-state index contributed by atoms with van der Waals surface area (Å²) >= 11 is 0. The Morgan fingerprint density at radius 3 is 2.08 bits per heavy atom. The van der Waals surface area contributed by atoms with Gasteiger partial charge in [0.25, 0.3) is 17.7 Å². The molecule has 1 aromatic carbocycles. The number of carbonyl (C=O) groups excluding carboxylic acids is 3. The maximum Gasteiger partial charge on any atom is 0.270 e. The molecule has 0 aromatic heterocycles. The number of nitrogens with zero attached hydrogens (tertiary/aromatic N) is 1. The van der Waals surface area contributed by atoms with Gasteiger partial charge in [0.15, 0.2) is 0 Å². The molecule has 3 fully saturated rings. The maximum absolute atomic E-state index is 12.8. The number of rotatable bonds is 2. The van der Waals surface area contributed by atoms with Gasteiger partial charge in [0, 0.05) is 5.56 Å². The summed E-state index contributed by atoms with van der Waals surface area (Å²) in [4.78, 5) is 37.9. The molecule has 4 atom stereocenters. The number of fused-ring (bicyclic) bond motifs is 3. The van der Waals surface area contributed by atoms with Crippen molar-refractivity contribution in [2.75, 3.05) is 0 Å². The molecule has 122 valence electrons. The van der Waals surface area contributed by atoms with Crippen LogP contribution in [0.2, 0.25) is 0 Å². The van der Waals surface area contributed by atoms with Crippen LogP contribution in [0.3, 0.4) is 0 Å². The Hall–Kier alpha value is -2.43. The zero-order valence-electron chi connectivity index (χ0n) is 13.4. The minimum atomic E-state index is -0.418. The topological polar surface area (TPSA) is 66.5 Å². The van der Waals surface area contributed by atoms with Crippen LogP contribution < -0.4 is 5.43 Å². The minimum Gasteiger partial charge on any atom is -0.272 e. The van der Waals surface area contributed by atoms with E-state index in [0.717, 1.165) is 23.4 Å². The van der Waals surface area contributed by atoms with Gasteiger partial charge < -0.3 is 0 Å². The number of amides is 3. The summed E-state index contributed by atoms with van der Waals surface area (Å²) in [7, 11) is 0. The van der Waals surface area contributed by atoms with Gasteiger partial charge in [-0.05, 0) is 49.1 Å². The molecule has 1 N–H and O–H groups in total. The summed E-state index contributed by atoms with van der Waals surface area (Å²) in [6.45, 7) is 1.94. The fraction of sp³-hybridized carbons (Fsp3) is 0.421. The Balaban J connectivity index is 1.39. The highest BCUT2D eigenvalue weighted by Gasteiger charge is 2.73. The smallest absolute Gasteiger partial charge is 0.270 e. The number of aryl methyl sites for hydroxylation is 1. The summed E-state index contributed by atoms with van der Waals surface area (Å²) in [5.74, 6) is -1.13. The van der Waals surface area contributed by atoms with E-state index in [1.165, 1.54) is 0 Å². The lowest BCUT2D eigenvalue weighted by Gasteiger charge is -2.22. The van der Waals surface area contributed by atoms with Crippen LogP contribution in [0.25, 0.3) is 0 Å². The van der Waals surface area contributed by atoms with Gasteiger partial charge >= 0.3 is 0 Å². The molecule has 1 spiro atoms. The number of hydrazine groups is 1. The van der Waals surface area contributed by atoms with Gasteiger partial charge in [0.05, 0.1) is 11.8 Å². The molecule has 3 amide bonds. The average molecular weight is 322 g/mol. The number of hydrogen-bond donors (Lipinski definition) is 1. The lowest BCUT2D eigenvalue weighted by atomic mass is 9.85. The largest absolute Gasteiger partial charge is 0.272 e. The Morgan fingerprint density at radius 2 is 1.58 bits per heavy atom. The molecule has 2 bridgehead atoms. The molecule has 1 aliphatic heterocycles. The van der Waals surface area contributed by atoms with E-state index in [-0.39, 0.29) is 40.9 Å². The van der Waals surface area contributed by atoms with E-state index < -0.39 is 5.91 Å². The highest BCUT2D eigenvalue weighted by Crippen LogP contribution is 2.73. The van der Waals surface area contributed by atoms with Crippen molar-refractivity contribution in [3.63, 3.8) is 0 Å². The number of carbonyl (C=O) groups is 3. The van der Waals surface area contributed by atoms with Crippen molar-refractivity contribution < 1.29 is 14.4 Å². The monoisotopic (exact) mass is 322 g/mol. The van der Waals surface area contributed by atoms with E-state index in [9.17, 15) is 14.4 Å². The van der Waals surface area contributed by atoms with Gasteiger partial charge in [0.2, 0.25) is 0 Å². The third kappa shape index (κ3) is 1.57. The first-order valence-electron chi connectivity index (χ1n) is 8.47. The predicted octanol–water partition coefficient (Wildman–Crippen LogP) is 1.84. The molecular weight excluding hydrogens is 304 g/mol. The predicted molar refractivity (Wildman–Crippen MR) is 85.3 cm³/mol. The molecule has 4 aliphatic rings. The van der Waals surface area contributed by atoms with Crippen molar-refractivity contribution in [1.82, 2.24) is 10.4 Å². The quantitative estimate of drug-likeness (QED) is 0.667. The second-order valence-electron chi connectivity index (χ2n) is 7.54. The van der Waals surface area contributed by atoms with Gasteiger partial charge in [-0.3, -0.25) is 19.8 Å². The second kappa shape index (κ2) is 4.35. The van der Waals surface area contributed by atoms with Gasteiger partial charge in [-0.1, -0.05) is 29.8 Å². The van der Waals surface area contributed by atoms with E-state index in [0.29, 0.717) is 5.56 Å². The maximum atomic E-state index is 12.8. The minimum absolute atomic E-state index is 0.172. The normalized spacial score (nSPS) is 34.1. The third-order valence-electron chi connectivity index (χ3n) is 6.38. The van der Waals surface area contributed by atoms with Gasteiger partial charge in [-0.2, -0.15) is 5.01 Å². The van der Waals surface area contributed by atoms with Crippen molar-refractivity contribution in [3.8, 4) is 0 Å². The lowest BCUT2D eigenvalue weighted by Crippen LogP contribution is -2.47. The number of nitrogens with one attached hydrogen (secondary N) is 1. The summed E-state index contributed by atoms with van der Waals surface area (Å²) in [5.41, 5.74) is 4.19. The first kappa shape index (κ1) is 14.0. The summed E-state index contributed by atoms with van der Waals surface area (Å²) < 4.78 is 0. The van der Waals surface area contributed by atoms with Crippen LogP contribution in [-0.4, -0.2) is 22.7 Å². The number of benzene rings is 1. The van der Waals surface area contributed by atoms with Crippen LogP contribution in [0.5, 0.6) is 0 Å². The second-order valence-corrected chi connectivity index (χ2v) is 7.54. The van der Waals surface area contributed by atoms with Crippen molar-refractivity contribution in [1.29, 1.82) is 0 Å². The first-order chi connectivity index (χ1) is 11.5. The zero-order chi connectivity index (χ0) is 16.6. The molecular formula is C19H18N2O3. The van der Waals surface area contributed by atoms with Gasteiger partial charge in [-0.25, -0.2) is 0 Å². The van der Waals surface area contributed by atoms with Crippen LogP contribution in [0, 0.1) is 36.0 Å². The van der Waals surface area contributed by atoms with Crippen LogP contribution in [0.15, 0.2) is 36.4 Å². The van der Waals surface area contributed by atoms with Crippen molar-refractivity contribution in [2.45, 2.75) is 19.8 Å². The van der Waals surface area contributed by atoms with Crippen molar-refractivity contribution in [2.24, 2.45) is 29.1 Å². The molecule has 5 rings (SSSR count). The van der Waals surface area contributed by atoms with Crippen LogP contribution in [0.4, 0.5) is 0 Å². The standard InChI is InChI=1S/C19H18N2O3/c1-10-2-4-11(5-3-10)16(22)20-21-17(23)14-12-6-7-13(15(14)18(21)24)19(12)8-9-19/h2-7,12-15H,8-9H2,1H3,(H,20,22)/t12-,13+,14-,15+. The molecule has 5 heteroatoms. The van der Waals surface area contributed by atoms with E-state index >= 15 is 0 Å². The SMILES string of the molecule is Cc1ccc(C(=O)NN2C(=O)[C@@H]3[C@H](C2=O)[C@H]2C=C[C@@H]3C23CC3)cc1. The summed E-state index contributed by atoms with van der Waals surface area (Å²) in [6, 6.07) is 7.05. The Labute approximate surface area is 139 Å². The molecule has 24 heavy (non-hydrogen) atoms. The Kier molecular flexibility index (Phi) is 2.53. The number of hydrogen-bond acceptors (Lipinski definition) is 3. The molecule has 0 radical (unpaired) electrons. The van der Waals surface area contributed by atoms with Crippen molar-refractivity contribution in [3.05, 3.63) is 47.5 Å². The first-order valence-corrected chi connectivity index (χ1v) is 8.47. The molecule has 5 nitrogen and oxygen atoms in total. The highest BCUT2D eigenvalue weighted by molar-refractivity contribution is 6.09. The fourth-order valence-electron chi connectivity index (χ4n) is 5.06. The third-order valence-corrected chi connectivity index (χ3v) is 6.38. The van der Waals surface area contributed by atoms with Crippen LogP contribution in [0.1, 0.15) is 28.8 Å². The highest BCUT2D eigenvalue weighted by atomic mass is 16.2. The van der Waals surface area contributed by atoms with E-state index in [1.54, 1.807) is 12.1 Å². The molecule has 2 saturated carbocycles. The van der Waals surface area contributed by atoms with E-state index in [4.69, 9.17) is 0 Å². The summed E-state index contributed by atoms with van der Waals surface area (Å²) in [5, 5.41) is 0.972. The molecule has 3 aliphatic carbocycles. The number of allylic oxidation sites excluding steroid dienone is 2. The molecule has 0 unspecified atom stereocenters. The number of imide groups is 1. The van der Waals surface area contributed by atoms with E-state index in [2.05, 4.69) is 17.6 Å². The zero-order valence-corrected chi connectivity index (χ0v) is 13.4. The van der Waals surface area contributed by atoms with Crippen LogP contribution >= 0.6 is 0 Å². The molecule has 1 saturated heterocycles. The summed E-state index contributed by atoms with van der Waals surface area (Å²) in [6.07, 6.45) is 6.46. The molecule has 1 aromatic rings. The Bertz CT molecular complexity index is 772. The Morgan fingerprint density at radius 1 is 1.04 bits per heavy atom. The average Bonchev–Trinajstić information content (AvgIpc) is 3.18. The molecule has 1 heterocycles.